The third kappa shape index (κ3) is 2.24. The number of carbonyl (C=O) groups is 3. The Hall–Kier alpha value is -1.53. The molecule has 1 rings (SSSR count). The van der Waals surface area contributed by atoms with Gasteiger partial charge in [0, 0.05) is 6.92 Å². The summed E-state index contributed by atoms with van der Waals surface area (Å²) in [5.41, 5.74) is 0. The lowest BCUT2D eigenvalue weighted by Crippen LogP contribution is -2.33. The number of cyclic esters (lactones) is 2. The highest BCUT2D eigenvalue weighted by atomic mass is 19.3. The van der Waals surface area contributed by atoms with Crippen molar-refractivity contribution in [3.8, 4) is 0 Å². The predicted molar refractivity (Wildman–Crippen MR) is 36.2 cm³/mol. The van der Waals surface area contributed by atoms with Crippen LogP contribution in [0.2, 0.25) is 0 Å². The zero-order valence-corrected chi connectivity index (χ0v) is 7.08. The van der Waals surface area contributed by atoms with E-state index in [4.69, 9.17) is 0 Å². The Kier molecular flexibility index (Phi) is 2.50. The molecular formula is C7H6F2O5. The van der Waals surface area contributed by atoms with Crippen molar-refractivity contribution in [3.63, 3.8) is 0 Å². The Morgan fingerprint density at radius 2 is 2.14 bits per heavy atom. The molecule has 0 saturated carbocycles. The average molecular weight is 208 g/mol. The SMILES string of the molecule is CC(F)(F)C(=O)OC1CC(=O)OC1=O. The molecule has 0 spiro atoms. The first-order valence-electron chi connectivity index (χ1n) is 3.64. The maximum Gasteiger partial charge on any atom is 0.377 e. The fourth-order valence-electron chi connectivity index (χ4n) is 0.777. The van der Waals surface area contributed by atoms with E-state index < -0.39 is 36.4 Å². The highest BCUT2D eigenvalue weighted by Gasteiger charge is 2.42. The van der Waals surface area contributed by atoms with E-state index in [0.717, 1.165) is 0 Å². The van der Waals surface area contributed by atoms with E-state index in [-0.39, 0.29) is 0 Å². The van der Waals surface area contributed by atoms with Crippen molar-refractivity contribution in [2.75, 3.05) is 0 Å². The molecule has 0 N–H and O–H groups in total. The van der Waals surface area contributed by atoms with Gasteiger partial charge in [0.2, 0.25) is 6.10 Å². The van der Waals surface area contributed by atoms with Crippen molar-refractivity contribution < 1.29 is 32.6 Å². The Morgan fingerprint density at radius 3 is 2.50 bits per heavy atom. The predicted octanol–water partition coefficient (Wildman–Crippen LogP) is 0.0269. The zero-order valence-electron chi connectivity index (χ0n) is 7.08. The van der Waals surface area contributed by atoms with Gasteiger partial charge < -0.3 is 9.47 Å². The summed E-state index contributed by atoms with van der Waals surface area (Å²) < 4.78 is 32.6. The fraction of sp³-hybridized carbons (Fsp3) is 0.571. The molecule has 0 amide bonds. The monoisotopic (exact) mass is 208 g/mol. The lowest BCUT2D eigenvalue weighted by Gasteiger charge is -2.11. The molecule has 0 aromatic carbocycles. The van der Waals surface area contributed by atoms with E-state index in [2.05, 4.69) is 9.47 Å². The summed E-state index contributed by atoms with van der Waals surface area (Å²) in [4.78, 5) is 31.7. The summed E-state index contributed by atoms with van der Waals surface area (Å²) in [5.74, 6) is -7.56. The van der Waals surface area contributed by atoms with Crippen LogP contribution in [0.15, 0.2) is 0 Å². The first-order chi connectivity index (χ1) is 6.30. The maximum atomic E-state index is 12.3. The van der Waals surface area contributed by atoms with Gasteiger partial charge in [0.25, 0.3) is 0 Å². The summed E-state index contributed by atoms with van der Waals surface area (Å²) in [6.07, 6.45) is -2.05. The Bertz CT molecular complexity index is 293. The molecule has 1 saturated heterocycles. The first-order valence-corrected chi connectivity index (χ1v) is 3.64. The van der Waals surface area contributed by atoms with Crippen molar-refractivity contribution in [3.05, 3.63) is 0 Å². The number of alkyl halides is 2. The van der Waals surface area contributed by atoms with Gasteiger partial charge in [-0.1, -0.05) is 0 Å². The second-order valence-corrected chi connectivity index (χ2v) is 2.78. The minimum atomic E-state index is -3.69. The molecule has 1 fully saturated rings. The van der Waals surface area contributed by atoms with Crippen LogP contribution in [-0.2, 0) is 23.9 Å². The molecule has 1 aliphatic heterocycles. The van der Waals surface area contributed by atoms with Gasteiger partial charge in [0.05, 0.1) is 6.42 Å². The molecule has 5 nitrogen and oxygen atoms in total. The number of carbonyl (C=O) groups excluding carboxylic acids is 3. The van der Waals surface area contributed by atoms with E-state index in [1.807, 2.05) is 0 Å². The van der Waals surface area contributed by atoms with Crippen LogP contribution in [0.4, 0.5) is 8.78 Å². The maximum absolute atomic E-state index is 12.3. The quantitative estimate of drug-likeness (QED) is 0.472. The average Bonchev–Trinajstić information content (AvgIpc) is 2.28. The molecule has 0 bridgehead atoms. The van der Waals surface area contributed by atoms with E-state index in [0.29, 0.717) is 6.92 Å². The van der Waals surface area contributed by atoms with E-state index in [9.17, 15) is 23.2 Å². The molecular weight excluding hydrogens is 202 g/mol. The molecule has 1 heterocycles. The van der Waals surface area contributed by atoms with Gasteiger partial charge in [0.15, 0.2) is 0 Å². The minimum absolute atomic E-state index is 0.331. The van der Waals surface area contributed by atoms with E-state index in [1.54, 1.807) is 0 Å². The zero-order chi connectivity index (χ0) is 10.9. The summed E-state index contributed by atoms with van der Waals surface area (Å²) in [6.45, 7) is 0.331. The number of esters is 3. The lowest BCUT2D eigenvalue weighted by molar-refractivity contribution is -0.178. The van der Waals surface area contributed by atoms with Crippen molar-refractivity contribution in [1.82, 2.24) is 0 Å². The van der Waals surface area contributed by atoms with Crippen LogP contribution in [0.1, 0.15) is 13.3 Å². The van der Waals surface area contributed by atoms with Crippen molar-refractivity contribution >= 4 is 17.9 Å². The highest BCUT2D eigenvalue weighted by molar-refractivity contribution is 5.97. The van der Waals surface area contributed by atoms with Crippen LogP contribution < -0.4 is 0 Å². The lowest BCUT2D eigenvalue weighted by atomic mass is 10.3. The van der Waals surface area contributed by atoms with Crippen LogP contribution in [-0.4, -0.2) is 29.9 Å². The Labute approximate surface area is 77.0 Å². The highest BCUT2D eigenvalue weighted by Crippen LogP contribution is 2.19. The normalized spacial score (nSPS) is 22.1. The van der Waals surface area contributed by atoms with Crippen molar-refractivity contribution in [2.24, 2.45) is 0 Å². The van der Waals surface area contributed by atoms with Crippen LogP contribution in [0, 0.1) is 0 Å². The van der Waals surface area contributed by atoms with Gasteiger partial charge in [-0.2, -0.15) is 8.78 Å². The van der Waals surface area contributed by atoms with E-state index >= 15 is 0 Å². The number of ether oxygens (including phenoxy) is 2. The van der Waals surface area contributed by atoms with Crippen molar-refractivity contribution in [2.45, 2.75) is 25.4 Å². The van der Waals surface area contributed by atoms with Gasteiger partial charge in [-0.15, -0.1) is 0 Å². The largest absolute Gasteiger partial charge is 0.445 e. The molecule has 7 heteroatoms. The molecule has 0 aromatic heterocycles. The summed E-state index contributed by atoms with van der Waals surface area (Å²) >= 11 is 0. The molecule has 14 heavy (non-hydrogen) atoms. The molecule has 0 radical (unpaired) electrons. The first kappa shape index (κ1) is 10.6. The number of hydrogen-bond donors (Lipinski definition) is 0. The van der Waals surface area contributed by atoms with Crippen LogP contribution in [0.5, 0.6) is 0 Å². The van der Waals surface area contributed by atoms with Gasteiger partial charge in [-0.05, 0) is 0 Å². The smallest absolute Gasteiger partial charge is 0.377 e. The second-order valence-electron chi connectivity index (χ2n) is 2.78. The van der Waals surface area contributed by atoms with E-state index in [1.165, 1.54) is 0 Å². The Balaban J connectivity index is 2.58. The van der Waals surface area contributed by atoms with Gasteiger partial charge in [0.1, 0.15) is 0 Å². The summed E-state index contributed by atoms with van der Waals surface area (Å²) in [7, 11) is 0. The number of halogens is 2. The van der Waals surface area contributed by atoms with Gasteiger partial charge in [-0.3, -0.25) is 4.79 Å². The van der Waals surface area contributed by atoms with Crippen LogP contribution in [0.25, 0.3) is 0 Å². The third-order valence-corrected chi connectivity index (χ3v) is 1.44. The van der Waals surface area contributed by atoms with Crippen LogP contribution >= 0.6 is 0 Å². The topological polar surface area (TPSA) is 69.7 Å². The molecule has 1 atom stereocenters. The number of hydrogen-bond acceptors (Lipinski definition) is 5. The standard InChI is InChI=1S/C7H6F2O5/c1-7(8,9)6(12)13-3-2-4(10)14-5(3)11/h3H,2H2,1H3. The van der Waals surface area contributed by atoms with Crippen LogP contribution in [0.3, 0.4) is 0 Å². The number of rotatable bonds is 2. The van der Waals surface area contributed by atoms with Gasteiger partial charge in [-0.25, -0.2) is 9.59 Å². The minimum Gasteiger partial charge on any atom is -0.445 e. The summed E-state index contributed by atoms with van der Waals surface area (Å²) in [6, 6.07) is 0. The molecule has 78 valence electrons. The molecule has 1 unspecified atom stereocenters. The molecule has 0 aliphatic carbocycles. The fourth-order valence-corrected chi connectivity index (χ4v) is 0.777. The molecule has 1 aliphatic rings. The van der Waals surface area contributed by atoms with Gasteiger partial charge >= 0.3 is 23.8 Å². The summed E-state index contributed by atoms with van der Waals surface area (Å²) in [5, 5.41) is 0. The Morgan fingerprint density at radius 1 is 1.57 bits per heavy atom. The third-order valence-electron chi connectivity index (χ3n) is 1.44. The van der Waals surface area contributed by atoms with Crippen molar-refractivity contribution in [1.29, 1.82) is 0 Å². The molecule has 0 aromatic rings. The second kappa shape index (κ2) is 3.32.